The molecule has 20 heavy (non-hydrogen) atoms. The number of ether oxygens (including phenoxy) is 2. The number of nitrogens with one attached hydrogen (secondary N) is 1. The molecule has 1 N–H and O–H groups in total. The first-order valence-electron chi connectivity index (χ1n) is 5.82. The molecular weight excluding hydrogens is 268 g/mol. The van der Waals surface area contributed by atoms with Gasteiger partial charge in [0.2, 0.25) is 0 Å². The monoisotopic (exact) mass is 280 g/mol. The van der Waals surface area contributed by atoms with Crippen molar-refractivity contribution in [3.8, 4) is 0 Å². The number of carbonyl (C=O) groups is 2. The van der Waals surface area contributed by atoms with Crippen molar-refractivity contribution in [3.63, 3.8) is 0 Å². The highest BCUT2D eigenvalue weighted by atomic mass is 16.6. The van der Waals surface area contributed by atoms with E-state index in [0.29, 0.717) is 5.56 Å². The molecule has 2 rings (SSSR count). The summed E-state index contributed by atoms with van der Waals surface area (Å²) in [6, 6.07) is 5.13. The molecule has 0 aromatic heterocycles. The number of nitrogens with zero attached hydrogens (tertiary/aromatic N) is 1. The number of esters is 1. The Labute approximate surface area is 113 Å². The van der Waals surface area contributed by atoms with Crippen molar-refractivity contribution in [1.29, 1.82) is 0 Å². The number of nitro benzene ring substituents is 1. The van der Waals surface area contributed by atoms with Crippen LogP contribution < -0.4 is 5.32 Å². The fraction of sp³-hybridized carbons (Fsp3) is 0.333. The zero-order valence-corrected chi connectivity index (χ0v) is 10.6. The van der Waals surface area contributed by atoms with Crippen LogP contribution in [0.2, 0.25) is 0 Å². The van der Waals surface area contributed by atoms with Crippen LogP contribution in [0.25, 0.3) is 0 Å². The average molecular weight is 280 g/mol. The van der Waals surface area contributed by atoms with Gasteiger partial charge in [0.15, 0.2) is 6.10 Å². The van der Waals surface area contributed by atoms with Crippen LogP contribution in [0.15, 0.2) is 24.3 Å². The number of hydrogen-bond acceptors (Lipinski definition) is 6. The van der Waals surface area contributed by atoms with Gasteiger partial charge < -0.3 is 14.8 Å². The Morgan fingerprint density at radius 3 is 2.65 bits per heavy atom. The lowest BCUT2D eigenvalue weighted by atomic mass is 10.0. The molecule has 0 spiro atoms. The third-order valence-electron chi connectivity index (χ3n) is 2.80. The molecule has 0 radical (unpaired) electrons. The maximum Gasteiger partial charge on any atom is 0.408 e. The normalized spacial score (nSPS) is 20.9. The second-order valence-corrected chi connectivity index (χ2v) is 4.23. The SMILES string of the molecule is CC(=O)OC[C@H]1NC(=O)O[C@@H]1c1ccc([N+](=O)[O-])cc1. The van der Waals surface area contributed by atoms with Crippen LogP contribution in [0.4, 0.5) is 10.5 Å². The van der Waals surface area contributed by atoms with Gasteiger partial charge in [0.25, 0.3) is 5.69 Å². The van der Waals surface area contributed by atoms with E-state index >= 15 is 0 Å². The number of alkyl carbamates (subject to hydrolysis) is 1. The largest absolute Gasteiger partial charge is 0.464 e. The summed E-state index contributed by atoms with van der Waals surface area (Å²) in [6.45, 7) is 1.24. The molecule has 8 heteroatoms. The van der Waals surface area contributed by atoms with Crippen molar-refractivity contribution < 1.29 is 24.0 Å². The van der Waals surface area contributed by atoms with Crippen molar-refractivity contribution in [1.82, 2.24) is 5.32 Å². The standard InChI is InChI=1S/C12H12N2O6/c1-7(15)19-6-10-11(20-12(16)13-10)8-2-4-9(5-3-8)14(17)18/h2-5,10-11H,6H2,1H3,(H,13,16)/t10-,11-/m1/s1. The van der Waals surface area contributed by atoms with E-state index < -0.39 is 29.1 Å². The van der Waals surface area contributed by atoms with Gasteiger partial charge in [-0.1, -0.05) is 0 Å². The predicted octanol–water partition coefficient (Wildman–Crippen LogP) is 1.31. The van der Waals surface area contributed by atoms with Crippen LogP contribution in [0.5, 0.6) is 0 Å². The summed E-state index contributed by atoms with van der Waals surface area (Å²) < 4.78 is 9.93. The molecule has 0 saturated carbocycles. The first-order valence-corrected chi connectivity index (χ1v) is 5.82. The van der Waals surface area contributed by atoms with Gasteiger partial charge in [-0.05, 0) is 17.7 Å². The lowest BCUT2D eigenvalue weighted by Gasteiger charge is -2.16. The highest BCUT2D eigenvalue weighted by molar-refractivity contribution is 5.71. The maximum absolute atomic E-state index is 11.3. The Kier molecular flexibility index (Phi) is 3.83. The summed E-state index contributed by atoms with van der Waals surface area (Å²) in [7, 11) is 0. The molecule has 1 aliphatic heterocycles. The number of amides is 1. The number of rotatable bonds is 4. The summed E-state index contributed by atoms with van der Waals surface area (Å²) in [4.78, 5) is 32.1. The number of carbonyl (C=O) groups excluding carboxylic acids is 2. The number of nitro groups is 1. The van der Waals surface area contributed by atoms with Crippen LogP contribution in [0.1, 0.15) is 18.6 Å². The zero-order chi connectivity index (χ0) is 14.7. The van der Waals surface area contributed by atoms with E-state index in [1.807, 2.05) is 0 Å². The van der Waals surface area contributed by atoms with Crippen molar-refractivity contribution in [3.05, 3.63) is 39.9 Å². The summed E-state index contributed by atoms with van der Waals surface area (Å²) in [5.74, 6) is -0.464. The molecular formula is C12H12N2O6. The molecule has 1 aliphatic rings. The average Bonchev–Trinajstić information content (AvgIpc) is 2.77. The molecule has 0 aliphatic carbocycles. The van der Waals surface area contributed by atoms with Gasteiger partial charge in [-0.2, -0.15) is 0 Å². The zero-order valence-electron chi connectivity index (χ0n) is 10.6. The predicted molar refractivity (Wildman–Crippen MR) is 65.9 cm³/mol. The van der Waals surface area contributed by atoms with Crippen molar-refractivity contribution in [2.45, 2.75) is 19.1 Å². The molecule has 2 atom stereocenters. The smallest absolute Gasteiger partial charge is 0.408 e. The molecule has 1 saturated heterocycles. The third-order valence-corrected chi connectivity index (χ3v) is 2.80. The number of benzene rings is 1. The second-order valence-electron chi connectivity index (χ2n) is 4.23. The van der Waals surface area contributed by atoms with Crippen LogP contribution in [-0.4, -0.2) is 29.6 Å². The second kappa shape index (κ2) is 5.55. The van der Waals surface area contributed by atoms with Crippen molar-refractivity contribution in [2.75, 3.05) is 6.61 Å². The molecule has 0 unspecified atom stereocenters. The summed E-state index contributed by atoms with van der Waals surface area (Å²) in [5.41, 5.74) is 0.536. The summed E-state index contributed by atoms with van der Waals surface area (Å²) in [6.07, 6.45) is -1.27. The summed E-state index contributed by atoms with van der Waals surface area (Å²) >= 11 is 0. The molecule has 0 bridgehead atoms. The van der Waals surface area contributed by atoms with E-state index in [1.54, 1.807) is 0 Å². The minimum atomic E-state index is -0.650. The van der Waals surface area contributed by atoms with E-state index in [0.717, 1.165) is 0 Å². The quantitative estimate of drug-likeness (QED) is 0.506. The first-order chi connectivity index (χ1) is 9.47. The first kappa shape index (κ1) is 13.8. The Bertz CT molecular complexity index is 541. The minimum Gasteiger partial charge on any atom is -0.464 e. The van der Waals surface area contributed by atoms with Gasteiger partial charge in [-0.25, -0.2) is 4.79 Å². The summed E-state index contributed by atoms with van der Waals surface area (Å²) in [5, 5.41) is 13.1. The fourth-order valence-electron chi connectivity index (χ4n) is 1.88. The van der Waals surface area contributed by atoms with E-state index in [2.05, 4.69) is 5.32 Å². The van der Waals surface area contributed by atoms with Gasteiger partial charge >= 0.3 is 12.1 Å². The Balaban J connectivity index is 2.13. The maximum atomic E-state index is 11.3. The van der Waals surface area contributed by atoms with Crippen LogP contribution in [-0.2, 0) is 14.3 Å². The highest BCUT2D eigenvalue weighted by Gasteiger charge is 2.36. The molecule has 1 aromatic rings. The van der Waals surface area contributed by atoms with Gasteiger partial charge in [-0.15, -0.1) is 0 Å². The molecule has 1 fully saturated rings. The highest BCUT2D eigenvalue weighted by Crippen LogP contribution is 2.28. The van der Waals surface area contributed by atoms with Gasteiger partial charge in [-0.3, -0.25) is 14.9 Å². The van der Waals surface area contributed by atoms with E-state index in [-0.39, 0.29) is 12.3 Å². The molecule has 1 aromatic carbocycles. The number of hydrogen-bond donors (Lipinski definition) is 1. The van der Waals surface area contributed by atoms with Crippen molar-refractivity contribution >= 4 is 17.7 Å². The topological polar surface area (TPSA) is 108 Å². The van der Waals surface area contributed by atoms with E-state index in [4.69, 9.17) is 9.47 Å². The van der Waals surface area contributed by atoms with Crippen molar-refractivity contribution in [2.24, 2.45) is 0 Å². The van der Waals surface area contributed by atoms with E-state index in [9.17, 15) is 19.7 Å². The fourth-order valence-corrected chi connectivity index (χ4v) is 1.88. The van der Waals surface area contributed by atoms with Crippen LogP contribution >= 0.6 is 0 Å². The number of non-ortho nitro benzene ring substituents is 1. The number of cyclic esters (lactones) is 1. The van der Waals surface area contributed by atoms with Crippen LogP contribution in [0.3, 0.4) is 0 Å². The van der Waals surface area contributed by atoms with Gasteiger partial charge in [0, 0.05) is 19.1 Å². The van der Waals surface area contributed by atoms with E-state index in [1.165, 1.54) is 31.2 Å². The molecule has 106 valence electrons. The molecule has 1 heterocycles. The van der Waals surface area contributed by atoms with Gasteiger partial charge in [0.05, 0.1) is 4.92 Å². The minimum absolute atomic E-state index is 0.0251. The Hall–Kier alpha value is -2.64. The lowest BCUT2D eigenvalue weighted by molar-refractivity contribution is -0.384. The third kappa shape index (κ3) is 3.02. The molecule has 1 amide bonds. The Morgan fingerprint density at radius 1 is 1.45 bits per heavy atom. The Morgan fingerprint density at radius 2 is 2.10 bits per heavy atom. The van der Waals surface area contributed by atoms with Crippen LogP contribution in [0, 0.1) is 10.1 Å². The lowest BCUT2D eigenvalue weighted by Crippen LogP contribution is -2.33. The molecule has 8 nitrogen and oxygen atoms in total. The van der Waals surface area contributed by atoms with Gasteiger partial charge in [0.1, 0.15) is 12.6 Å².